The minimum absolute atomic E-state index is 0.0479. The standard InChI is InChI=1S/C16H22O2/c1-3-5-9-13(4-2)15(17)12-16(18)14-10-7-6-8-11-14/h6-8,10-11,13H,3-5,9,12H2,1-2H3. The summed E-state index contributed by atoms with van der Waals surface area (Å²) in [5.74, 6) is 0.0907. The number of unbranched alkanes of at least 4 members (excludes halogenated alkanes) is 1. The molecular formula is C16H22O2. The summed E-state index contributed by atoms with van der Waals surface area (Å²) in [6.45, 7) is 4.14. The maximum atomic E-state index is 12.0. The highest BCUT2D eigenvalue weighted by atomic mass is 16.1. The fraction of sp³-hybridized carbons (Fsp3) is 0.500. The topological polar surface area (TPSA) is 34.1 Å². The first-order chi connectivity index (χ1) is 8.69. The van der Waals surface area contributed by atoms with Gasteiger partial charge in [-0.05, 0) is 12.8 Å². The SMILES string of the molecule is CCCCC(CC)C(=O)CC(=O)c1ccccc1. The lowest BCUT2D eigenvalue weighted by atomic mass is 9.91. The minimum atomic E-state index is -0.0597. The van der Waals surface area contributed by atoms with Crippen molar-refractivity contribution in [1.29, 1.82) is 0 Å². The second-order valence-electron chi connectivity index (χ2n) is 4.68. The van der Waals surface area contributed by atoms with Crippen molar-refractivity contribution < 1.29 is 9.59 Å². The molecule has 0 aromatic heterocycles. The molecule has 18 heavy (non-hydrogen) atoms. The van der Waals surface area contributed by atoms with Crippen molar-refractivity contribution in [2.24, 2.45) is 5.92 Å². The third kappa shape index (κ3) is 4.44. The van der Waals surface area contributed by atoms with E-state index in [0.29, 0.717) is 5.56 Å². The van der Waals surface area contributed by atoms with Gasteiger partial charge in [-0.25, -0.2) is 0 Å². The van der Waals surface area contributed by atoms with E-state index in [1.54, 1.807) is 12.1 Å². The lowest BCUT2D eigenvalue weighted by Crippen LogP contribution is -2.17. The Morgan fingerprint density at radius 3 is 2.33 bits per heavy atom. The Morgan fingerprint density at radius 2 is 1.78 bits per heavy atom. The van der Waals surface area contributed by atoms with Gasteiger partial charge in [0.25, 0.3) is 0 Å². The molecule has 0 aliphatic carbocycles. The largest absolute Gasteiger partial charge is 0.299 e. The summed E-state index contributed by atoms with van der Waals surface area (Å²) in [5.41, 5.74) is 0.635. The van der Waals surface area contributed by atoms with Gasteiger partial charge in [-0.15, -0.1) is 0 Å². The number of rotatable bonds is 8. The zero-order chi connectivity index (χ0) is 13.4. The van der Waals surface area contributed by atoms with Crippen LogP contribution in [0, 0.1) is 5.92 Å². The molecular weight excluding hydrogens is 224 g/mol. The molecule has 1 aromatic rings. The molecule has 98 valence electrons. The quantitative estimate of drug-likeness (QED) is 0.512. The van der Waals surface area contributed by atoms with Crippen molar-refractivity contribution in [2.75, 3.05) is 0 Å². The number of hydrogen-bond donors (Lipinski definition) is 0. The van der Waals surface area contributed by atoms with Gasteiger partial charge in [0.2, 0.25) is 0 Å². The third-order valence-corrected chi connectivity index (χ3v) is 3.28. The average Bonchev–Trinajstić information content (AvgIpc) is 2.40. The first-order valence-corrected chi connectivity index (χ1v) is 6.80. The van der Waals surface area contributed by atoms with Crippen molar-refractivity contribution in [3.63, 3.8) is 0 Å². The van der Waals surface area contributed by atoms with Gasteiger partial charge in [-0.3, -0.25) is 9.59 Å². The van der Waals surface area contributed by atoms with Crippen LogP contribution >= 0.6 is 0 Å². The third-order valence-electron chi connectivity index (χ3n) is 3.28. The predicted octanol–water partition coefficient (Wildman–Crippen LogP) is 4.04. The van der Waals surface area contributed by atoms with Gasteiger partial charge >= 0.3 is 0 Å². The molecule has 0 aliphatic heterocycles. The highest BCUT2D eigenvalue weighted by Crippen LogP contribution is 2.17. The minimum Gasteiger partial charge on any atom is -0.299 e. The Kier molecular flexibility index (Phi) is 6.34. The molecule has 0 saturated heterocycles. The molecule has 2 nitrogen and oxygen atoms in total. The Hall–Kier alpha value is -1.44. The van der Waals surface area contributed by atoms with E-state index in [-0.39, 0.29) is 23.9 Å². The number of hydrogen-bond acceptors (Lipinski definition) is 2. The summed E-state index contributed by atoms with van der Waals surface area (Å²) in [6.07, 6.45) is 3.95. The second kappa shape index (κ2) is 7.80. The summed E-state index contributed by atoms with van der Waals surface area (Å²) < 4.78 is 0. The smallest absolute Gasteiger partial charge is 0.170 e. The van der Waals surface area contributed by atoms with Gasteiger partial charge in [0.15, 0.2) is 5.78 Å². The monoisotopic (exact) mass is 246 g/mol. The maximum absolute atomic E-state index is 12.0. The molecule has 2 heteroatoms. The predicted molar refractivity (Wildman–Crippen MR) is 73.7 cm³/mol. The zero-order valence-electron chi connectivity index (χ0n) is 11.3. The second-order valence-corrected chi connectivity index (χ2v) is 4.68. The van der Waals surface area contributed by atoms with Crippen molar-refractivity contribution in [1.82, 2.24) is 0 Å². The van der Waals surface area contributed by atoms with Crippen LogP contribution in [-0.2, 0) is 4.79 Å². The molecule has 0 amide bonds. The lowest BCUT2D eigenvalue weighted by Gasteiger charge is -2.12. The Bertz CT molecular complexity index is 381. The molecule has 0 N–H and O–H groups in total. The van der Waals surface area contributed by atoms with E-state index in [1.807, 2.05) is 25.1 Å². The number of carbonyl (C=O) groups is 2. The average molecular weight is 246 g/mol. The Labute approximate surface area is 109 Å². The maximum Gasteiger partial charge on any atom is 0.170 e. The number of Topliss-reactive ketones (excluding diaryl/α,β-unsaturated/α-hetero) is 2. The number of carbonyl (C=O) groups excluding carboxylic acids is 2. The Balaban J connectivity index is 2.55. The van der Waals surface area contributed by atoms with E-state index in [2.05, 4.69) is 6.92 Å². The zero-order valence-corrected chi connectivity index (χ0v) is 11.3. The van der Waals surface area contributed by atoms with E-state index < -0.39 is 0 Å². The van der Waals surface area contributed by atoms with Crippen LogP contribution in [0.2, 0.25) is 0 Å². The molecule has 1 unspecified atom stereocenters. The molecule has 0 radical (unpaired) electrons. The van der Waals surface area contributed by atoms with Crippen molar-refractivity contribution >= 4 is 11.6 Å². The molecule has 0 spiro atoms. The van der Waals surface area contributed by atoms with E-state index in [4.69, 9.17) is 0 Å². The summed E-state index contributed by atoms with van der Waals surface area (Å²) in [5, 5.41) is 0. The lowest BCUT2D eigenvalue weighted by molar-refractivity contribution is -0.122. The van der Waals surface area contributed by atoms with Gasteiger partial charge in [0, 0.05) is 11.5 Å². The Morgan fingerprint density at radius 1 is 1.11 bits per heavy atom. The first kappa shape index (κ1) is 14.6. The van der Waals surface area contributed by atoms with E-state index >= 15 is 0 Å². The van der Waals surface area contributed by atoms with Gasteiger partial charge in [0.05, 0.1) is 6.42 Å². The summed E-state index contributed by atoms with van der Waals surface area (Å²) in [4.78, 5) is 24.0. The van der Waals surface area contributed by atoms with E-state index in [0.717, 1.165) is 25.7 Å². The van der Waals surface area contributed by atoms with Crippen LogP contribution in [0.15, 0.2) is 30.3 Å². The van der Waals surface area contributed by atoms with Crippen molar-refractivity contribution in [2.45, 2.75) is 46.0 Å². The summed E-state index contributed by atoms with van der Waals surface area (Å²) in [7, 11) is 0. The number of ketones is 2. The van der Waals surface area contributed by atoms with E-state index in [1.165, 1.54) is 0 Å². The van der Waals surface area contributed by atoms with Crippen LogP contribution in [0.5, 0.6) is 0 Å². The fourth-order valence-electron chi connectivity index (χ4n) is 2.07. The van der Waals surface area contributed by atoms with Gasteiger partial charge in [0.1, 0.15) is 5.78 Å². The van der Waals surface area contributed by atoms with Gasteiger partial charge in [-0.2, -0.15) is 0 Å². The van der Waals surface area contributed by atoms with Crippen molar-refractivity contribution in [3.8, 4) is 0 Å². The van der Waals surface area contributed by atoms with E-state index in [9.17, 15) is 9.59 Å². The van der Waals surface area contributed by atoms with Crippen LogP contribution in [-0.4, -0.2) is 11.6 Å². The van der Waals surface area contributed by atoms with Gasteiger partial charge < -0.3 is 0 Å². The van der Waals surface area contributed by atoms with Gasteiger partial charge in [-0.1, -0.05) is 57.0 Å². The first-order valence-electron chi connectivity index (χ1n) is 6.80. The molecule has 0 bridgehead atoms. The normalized spacial score (nSPS) is 12.1. The highest BCUT2D eigenvalue weighted by molar-refractivity contribution is 6.08. The van der Waals surface area contributed by atoms with Crippen LogP contribution in [0.1, 0.15) is 56.3 Å². The summed E-state index contributed by atoms with van der Waals surface area (Å²) in [6, 6.07) is 9.05. The molecule has 1 atom stereocenters. The van der Waals surface area contributed by atoms with Crippen molar-refractivity contribution in [3.05, 3.63) is 35.9 Å². The van der Waals surface area contributed by atoms with Crippen LogP contribution in [0.3, 0.4) is 0 Å². The van der Waals surface area contributed by atoms with Crippen LogP contribution < -0.4 is 0 Å². The molecule has 0 saturated carbocycles. The highest BCUT2D eigenvalue weighted by Gasteiger charge is 2.19. The van der Waals surface area contributed by atoms with Crippen LogP contribution in [0.25, 0.3) is 0 Å². The summed E-state index contributed by atoms with van der Waals surface area (Å²) >= 11 is 0. The molecule has 1 aromatic carbocycles. The fourth-order valence-corrected chi connectivity index (χ4v) is 2.07. The molecule has 0 fully saturated rings. The number of benzene rings is 1. The molecule has 0 heterocycles. The van der Waals surface area contributed by atoms with Crippen LogP contribution in [0.4, 0.5) is 0 Å². The molecule has 1 rings (SSSR count). The molecule has 0 aliphatic rings.